The molecule has 2 heterocycles. The topological polar surface area (TPSA) is 166 Å². The summed E-state index contributed by atoms with van der Waals surface area (Å²) in [6.07, 6.45) is -3.48. The van der Waals surface area contributed by atoms with Crippen LogP contribution in [0.1, 0.15) is 46.0 Å². The lowest BCUT2D eigenvalue weighted by molar-refractivity contribution is -0.310. The van der Waals surface area contributed by atoms with Crippen LogP contribution in [0.5, 0.6) is 0 Å². The van der Waals surface area contributed by atoms with Crippen LogP contribution >= 0.6 is 0 Å². The number of esters is 1. The summed E-state index contributed by atoms with van der Waals surface area (Å²) in [6, 6.07) is 0. The number of ether oxygens (including phenoxy) is 3. The average Bonchev–Trinajstić information content (AvgIpc) is 3.13. The van der Waals surface area contributed by atoms with Crippen LogP contribution in [0.4, 0.5) is 0 Å². The number of allylic oxidation sites excluding steroid dienone is 2. The van der Waals surface area contributed by atoms with Gasteiger partial charge in [-0.15, -0.1) is 0 Å². The highest BCUT2D eigenvalue weighted by Gasteiger charge is 2.57. The van der Waals surface area contributed by atoms with Crippen molar-refractivity contribution in [2.75, 3.05) is 19.8 Å². The second kappa shape index (κ2) is 10.4. The van der Waals surface area contributed by atoms with Gasteiger partial charge in [0.05, 0.1) is 24.9 Å². The molecule has 0 aromatic rings. The Labute approximate surface area is 211 Å². The van der Waals surface area contributed by atoms with Crippen LogP contribution in [0.3, 0.4) is 0 Å². The molecule has 0 spiro atoms. The molecule has 0 aromatic heterocycles. The molecule has 2 aliphatic heterocycles. The summed E-state index contributed by atoms with van der Waals surface area (Å²) in [6.45, 7) is 8.01. The van der Waals surface area contributed by atoms with Crippen molar-refractivity contribution in [3.8, 4) is 0 Å². The second-order valence-corrected chi connectivity index (χ2v) is 11.5. The highest BCUT2D eigenvalue weighted by Crippen LogP contribution is 2.62. The van der Waals surface area contributed by atoms with Gasteiger partial charge in [-0.1, -0.05) is 32.1 Å². The number of hydrogen-bond donors (Lipinski definition) is 6. The molecule has 36 heavy (non-hydrogen) atoms. The monoisotopic (exact) mass is 512 g/mol. The van der Waals surface area contributed by atoms with Crippen LogP contribution in [-0.4, -0.2) is 99.3 Å². The molecule has 4 aliphatic rings. The van der Waals surface area contributed by atoms with Gasteiger partial charge in [0.1, 0.15) is 37.1 Å². The Bertz CT molecular complexity index is 873. The smallest absolute Gasteiger partial charge is 0.336 e. The minimum absolute atomic E-state index is 0.0362. The van der Waals surface area contributed by atoms with Gasteiger partial charge in [-0.25, -0.2) is 4.79 Å². The van der Waals surface area contributed by atoms with Crippen molar-refractivity contribution in [2.24, 2.45) is 22.7 Å². The van der Waals surface area contributed by atoms with Gasteiger partial charge >= 0.3 is 5.97 Å². The van der Waals surface area contributed by atoms with Crippen molar-refractivity contribution in [3.05, 3.63) is 23.8 Å². The standard InChI is InChI=1S/C26H40O10/c1-13-4-7-19-25(2,12-35-24-22(32)21(31)20(30)18(10-27)36-24)8-14(28)9-26(19,3)16(13)6-5-15-17(29)11-34-23(15)33/h5,14,16-22,24,27-32H,1,4,6-12H2,2-3H3/b15-5-/t14-,16+,17?,18+,19?,20-,21-,22+,24+,25-,26-/m0/s1. The van der Waals surface area contributed by atoms with Crippen molar-refractivity contribution in [3.63, 3.8) is 0 Å². The molecule has 11 atom stereocenters. The minimum atomic E-state index is -1.52. The third-order valence-electron chi connectivity index (χ3n) is 9.02. The average molecular weight is 513 g/mol. The number of carbonyl (C=O) groups excluding carboxylic acids is 1. The van der Waals surface area contributed by atoms with E-state index < -0.39 is 60.9 Å². The Balaban J connectivity index is 1.53. The lowest BCUT2D eigenvalue weighted by Crippen LogP contribution is -2.60. The summed E-state index contributed by atoms with van der Waals surface area (Å²) < 4.78 is 16.4. The number of rotatable bonds is 6. The number of cyclic esters (lactones) is 1. The van der Waals surface area contributed by atoms with E-state index in [1.54, 1.807) is 6.08 Å². The molecule has 204 valence electrons. The molecule has 2 unspecified atom stereocenters. The van der Waals surface area contributed by atoms with E-state index in [0.29, 0.717) is 19.3 Å². The molecule has 0 radical (unpaired) electrons. The molecule has 6 N–H and O–H groups in total. The Hall–Kier alpha value is -1.37. The van der Waals surface area contributed by atoms with E-state index >= 15 is 0 Å². The van der Waals surface area contributed by atoms with Crippen LogP contribution < -0.4 is 0 Å². The highest BCUT2D eigenvalue weighted by molar-refractivity contribution is 5.91. The van der Waals surface area contributed by atoms with Gasteiger partial charge in [0.15, 0.2) is 6.29 Å². The van der Waals surface area contributed by atoms with Gasteiger partial charge in [-0.05, 0) is 54.8 Å². The van der Waals surface area contributed by atoms with Crippen LogP contribution in [0.15, 0.2) is 23.8 Å². The molecule has 10 heteroatoms. The van der Waals surface area contributed by atoms with Crippen molar-refractivity contribution >= 4 is 5.97 Å². The number of carbonyl (C=O) groups is 1. The fourth-order valence-corrected chi connectivity index (χ4v) is 7.23. The first kappa shape index (κ1) is 27.7. The predicted octanol–water partition coefficient (Wildman–Crippen LogP) is -0.213. The number of hydrogen-bond acceptors (Lipinski definition) is 10. The molecule has 0 amide bonds. The molecule has 2 saturated heterocycles. The zero-order valence-corrected chi connectivity index (χ0v) is 21.0. The van der Waals surface area contributed by atoms with Gasteiger partial charge in [0.25, 0.3) is 0 Å². The van der Waals surface area contributed by atoms with E-state index in [4.69, 9.17) is 14.2 Å². The lowest BCUT2D eigenvalue weighted by atomic mass is 9.46. The molecule has 2 saturated carbocycles. The van der Waals surface area contributed by atoms with E-state index in [-0.39, 0.29) is 36.0 Å². The molecule has 4 fully saturated rings. The number of fused-ring (bicyclic) bond motifs is 1. The molecule has 0 bridgehead atoms. The fourth-order valence-electron chi connectivity index (χ4n) is 7.23. The number of aliphatic hydroxyl groups excluding tert-OH is 6. The Kier molecular flexibility index (Phi) is 8.00. The molecule has 4 rings (SSSR count). The Morgan fingerprint density at radius 1 is 1.11 bits per heavy atom. The van der Waals surface area contributed by atoms with Crippen LogP contribution in [0, 0.1) is 22.7 Å². The molecular weight excluding hydrogens is 472 g/mol. The third-order valence-corrected chi connectivity index (χ3v) is 9.02. The van der Waals surface area contributed by atoms with Gasteiger partial charge < -0.3 is 44.8 Å². The first-order valence-electron chi connectivity index (χ1n) is 12.7. The summed E-state index contributed by atoms with van der Waals surface area (Å²) in [7, 11) is 0. The summed E-state index contributed by atoms with van der Waals surface area (Å²) in [5.74, 6) is -0.439. The van der Waals surface area contributed by atoms with Crippen molar-refractivity contribution in [2.45, 2.75) is 88.9 Å². The van der Waals surface area contributed by atoms with Crippen LogP contribution in [-0.2, 0) is 19.0 Å². The van der Waals surface area contributed by atoms with Gasteiger partial charge in [-0.2, -0.15) is 0 Å². The first-order chi connectivity index (χ1) is 16.9. The summed E-state index contributed by atoms with van der Waals surface area (Å²) in [5.41, 5.74) is 0.421. The second-order valence-electron chi connectivity index (χ2n) is 11.5. The van der Waals surface area contributed by atoms with E-state index in [1.807, 2.05) is 6.92 Å². The van der Waals surface area contributed by atoms with E-state index in [0.717, 1.165) is 18.4 Å². The van der Waals surface area contributed by atoms with Gasteiger partial charge in [0.2, 0.25) is 0 Å². The van der Waals surface area contributed by atoms with Crippen LogP contribution in [0.2, 0.25) is 0 Å². The minimum Gasteiger partial charge on any atom is -0.459 e. The fraction of sp³-hybridized carbons (Fsp3) is 0.808. The number of aliphatic hydroxyl groups is 6. The summed E-state index contributed by atoms with van der Waals surface area (Å²) >= 11 is 0. The van der Waals surface area contributed by atoms with E-state index in [2.05, 4.69) is 13.5 Å². The van der Waals surface area contributed by atoms with Crippen molar-refractivity contribution in [1.29, 1.82) is 0 Å². The maximum Gasteiger partial charge on any atom is 0.336 e. The SMILES string of the molecule is C=C1CCC2[C@](C)(CO[C@@H]3O[C@H](CO)[C@H](O)[C@H](O)[C@H]3O)C[C@H](O)C[C@@]2(C)[C@@H]1C/C=C1\C(=O)OCC1O. The molecule has 2 aliphatic carbocycles. The van der Waals surface area contributed by atoms with Gasteiger partial charge in [0, 0.05) is 0 Å². The zero-order chi connectivity index (χ0) is 26.4. The Morgan fingerprint density at radius 2 is 1.83 bits per heavy atom. The van der Waals surface area contributed by atoms with Crippen molar-refractivity contribution in [1.82, 2.24) is 0 Å². The third kappa shape index (κ3) is 4.90. The maximum absolute atomic E-state index is 12.0. The largest absolute Gasteiger partial charge is 0.459 e. The molecule has 10 nitrogen and oxygen atoms in total. The van der Waals surface area contributed by atoms with E-state index in [1.165, 1.54) is 0 Å². The normalized spacial score (nSPS) is 48.7. The van der Waals surface area contributed by atoms with Crippen LogP contribution in [0.25, 0.3) is 0 Å². The van der Waals surface area contributed by atoms with Gasteiger partial charge in [-0.3, -0.25) is 0 Å². The lowest BCUT2D eigenvalue weighted by Gasteiger charge is -2.60. The Morgan fingerprint density at radius 3 is 2.47 bits per heavy atom. The summed E-state index contributed by atoms with van der Waals surface area (Å²) in [5, 5.41) is 61.1. The molecule has 0 aromatic carbocycles. The highest BCUT2D eigenvalue weighted by atomic mass is 16.7. The zero-order valence-electron chi connectivity index (χ0n) is 21.0. The summed E-state index contributed by atoms with van der Waals surface area (Å²) in [4.78, 5) is 12.0. The predicted molar refractivity (Wildman–Crippen MR) is 126 cm³/mol. The quantitative estimate of drug-likeness (QED) is 0.159. The maximum atomic E-state index is 12.0. The van der Waals surface area contributed by atoms with Crippen molar-refractivity contribution < 1.29 is 49.6 Å². The first-order valence-corrected chi connectivity index (χ1v) is 12.7. The molecular formula is C26H40O10. The van der Waals surface area contributed by atoms with E-state index in [9.17, 15) is 35.4 Å².